The van der Waals surface area contributed by atoms with E-state index >= 15 is 0 Å². The molecule has 0 saturated carbocycles. The van der Waals surface area contributed by atoms with E-state index in [1.165, 1.54) is 12.1 Å². The van der Waals surface area contributed by atoms with Crippen LogP contribution in [0.3, 0.4) is 0 Å². The minimum Gasteiger partial charge on any atom is -0.444 e. The highest BCUT2D eigenvalue weighted by atomic mass is 19.1. The number of carbonyl (C=O) groups excluding carboxylic acids is 1. The molecule has 0 fully saturated rings. The lowest BCUT2D eigenvalue weighted by atomic mass is 10.2. The third-order valence-electron chi connectivity index (χ3n) is 3.67. The lowest BCUT2D eigenvalue weighted by Gasteiger charge is -2.22. The largest absolute Gasteiger partial charge is 0.444 e. The second-order valence-corrected chi connectivity index (χ2v) is 7.02. The summed E-state index contributed by atoms with van der Waals surface area (Å²) in [6, 6.07) is 7.57. The molecule has 0 saturated heterocycles. The van der Waals surface area contributed by atoms with Crippen molar-refractivity contribution >= 4 is 17.1 Å². The van der Waals surface area contributed by atoms with Gasteiger partial charge in [-0.3, -0.25) is 9.55 Å². The number of hydrogen-bond donors (Lipinski definition) is 1. The topological polar surface area (TPSA) is 69.0 Å². The quantitative estimate of drug-likeness (QED) is 0.765. The Labute approximate surface area is 151 Å². The number of benzene rings is 1. The molecule has 0 radical (unpaired) electrons. The van der Waals surface area contributed by atoms with Gasteiger partial charge in [-0.25, -0.2) is 14.2 Å². The number of imidazole rings is 1. The molecule has 1 amide bonds. The number of nitrogens with zero attached hydrogens (tertiary/aromatic N) is 3. The van der Waals surface area contributed by atoms with E-state index in [1.807, 2.05) is 6.07 Å². The summed E-state index contributed by atoms with van der Waals surface area (Å²) in [7, 11) is 0. The van der Waals surface area contributed by atoms with Crippen LogP contribution in [0.2, 0.25) is 0 Å². The van der Waals surface area contributed by atoms with Gasteiger partial charge in [-0.05, 0) is 52.0 Å². The molecule has 3 aromatic rings. The number of carbonyl (C=O) groups is 1. The maximum Gasteiger partial charge on any atom is 0.408 e. The molecule has 0 aliphatic carbocycles. The predicted molar refractivity (Wildman–Crippen MR) is 96.6 cm³/mol. The van der Waals surface area contributed by atoms with Crippen molar-refractivity contribution in [3.63, 3.8) is 0 Å². The first-order valence-electron chi connectivity index (χ1n) is 8.32. The third kappa shape index (κ3) is 3.82. The van der Waals surface area contributed by atoms with Gasteiger partial charge in [0.25, 0.3) is 0 Å². The van der Waals surface area contributed by atoms with Crippen molar-refractivity contribution in [2.45, 2.75) is 39.3 Å². The van der Waals surface area contributed by atoms with Gasteiger partial charge in [0, 0.05) is 12.3 Å². The molecular weight excluding hydrogens is 335 g/mol. The molecule has 0 spiro atoms. The zero-order chi connectivity index (χ0) is 18.9. The lowest BCUT2D eigenvalue weighted by molar-refractivity contribution is 0.0505. The zero-order valence-electron chi connectivity index (χ0n) is 15.2. The number of alkyl carbamates (subject to hydrolysis) is 1. The number of aromatic nitrogens is 3. The average molecular weight is 356 g/mol. The van der Waals surface area contributed by atoms with Gasteiger partial charge in [-0.15, -0.1) is 0 Å². The highest BCUT2D eigenvalue weighted by Gasteiger charge is 2.23. The highest BCUT2D eigenvalue weighted by Crippen LogP contribution is 2.26. The maximum absolute atomic E-state index is 13.8. The first kappa shape index (κ1) is 17.8. The van der Waals surface area contributed by atoms with Crippen molar-refractivity contribution in [3.05, 3.63) is 54.4 Å². The summed E-state index contributed by atoms with van der Waals surface area (Å²) in [4.78, 5) is 20.8. The van der Waals surface area contributed by atoms with Gasteiger partial charge in [0.1, 0.15) is 17.2 Å². The van der Waals surface area contributed by atoms with Crippen LogP contribution in [-0.4, -0.2) is 26.2 Å². The summed E-state index contributed by atoms with van der Waals surface area (Å²) in [5.74, 6) is 0.200. The maximum atomic E-state index is 13.8. The predicted octanol–water partition coefficient (Wildman–Crippen LogP) is 4.15. The second kappa shape index (κ2) is 6.74. The SMILES string of the molecule is C[C@H](NC(=O)OC(C)(C)C)c1nc2ccc(F)cc2n1-c1cccnc1. The first-order chi connectivity index (χ1) is 12.2. The molecule has 2 aromatic heterocycles. The summed E-state index contributed by atoms with van der Waals surface area (Å²) in [5.41, 5.74) is 1.36. The Morgan fingerprint density at radius 2 is 2.08 bits per heavy atom. The van der Waals surface area contributed by atoms with Crippen LogP contribution in [0.5, 0.6) is 0 Å². The smallest absolute Gasteiger partial charge is 0.408 e. The molecule has 0 aliphatic heterocycles. The summed E-state index contributed by atoms with van der Waals surface area (Å²) in [6.07, 6.45) is 2.78. The molecule has 0 bridgehead atoms. The fourth-order valence-corrected chi connectivity index (χ4v) is 2.66. The molecule has 0 aliphatic rings. The number of hydrogen-bond acceptors (Lipinski definition) is 4. The Bertz CT molecular complexity index is 932. The Hall–Kier alpha value is -2.96. The van der Waals surface area contributed by atoms with Crippen molar-refractivity contribution in [1.29, 1.82) is 0 Å². The van der Waals surface area contributed by atoms with Crippen LogP contribution < -0.4 is 5.32 Å². The van der Waals surface area contributed by atoms with Crippen molar-refractivity contribution in [1.82, 2.24) is 19.9 Å². The van der Waals surface area contributed by atoms with Gasteiger partial charge in [0.05, 0.1) is 29.0 Å². The molecule has 0 unspecified atom stereocenters. The Morgan fingerprint density at radius 3 is 2.73 bits per heavy atom. The number of ether oxygens (including phenoxy) is 1. The first-order valence-corrected chi connectivity index (χ1v) is 8.32. The fraction of sp³-hybridized carbons (Fsp3) is 0.316. The van der Waals surface area contributed by atoms with Crippen LogP contribution in [0.4, 0.5) is 9.18 Å². The van der Waals surface area contributed by atoms with Gasteiger partial charge in [-0.1, -0.05) is 0 Å². The van der Waals surface area contributed by atoms with Crippen molar-refractivity contribution in [2.75, 3.05) is 0 Å². The fourth-order valence-electron chi connectivity index (χ4n) is 2.66. The van der Waals surface area contributed by atoms with Crippen molar-refractivity contribution in [2.24, 2.45) is 0 Å². The molecule has 6 nitrogen and oxygen atoms in total. The van der Waals surface area contributed by atoms with Crippen LogP contribution >= 0.6 is 0 Å². The Morgan fingerprint density at radius 1 is 1.31 bits per heavy atom. The third-order valence-corrected chi connectivity index (χ3v) is 3.67. The van der Waals surface area contributed by atoms with Gasteiger partial charge in [0.15, 0.2) is 0 Å². The minimum absolute atomic E-state index is 0.359. The summed E-state index contributed by atoms with van der Waals surface area (Å²) in [5, 5.41) is 2.78. The van der Waals surface area contributed by atoms with E-state index in [1.54, 1.807) is 56.8 Å². The van der Waals surface area contributed by atoms with Gasteiger partial charge < -0.3 is 10.1 Å². The summed E-state index contributed by atoms with van der Waals surface area (Å²) >= 11 is 0. The van der Waals surface area contributed by atoms with E-state index in [0.29, 0.717) is 16.9 Å². The van der Waals surface area contributed by atoms with Gasteiger partial charge in [0.2, 0.25) is 0 Å². The van der Waals surface area contributed by atoms with Crippen LogP contribution in [0.25, 0.3) is 16.7 Å². The molecule has 7 heteroatoms. The highest BCUT2D eigenvalue weighted by molar-refractivity contribution is 5.78. The molecule has 3 rings (SSSR count). The number of halogens is 1. The lowest BCUT2D eigenvalue weighted by Crippen LogP contribution is -2.34. The zero-order valence-corrected chi connectivity index (χ0v) is 15.2. The summed E-state index contributed by atoms with van der Waals surface area (Å²) < 4.78 is 20.9. The molecular formula is C19H21FN4O2. The van der Waals surface area contributed by atoms with E-state index in [-0.39, 0.29) is 5.82 Å². The van der Waals surface area contributed by atoms with Crippen molar-refractivity contribution < 1.29 is 13.9 Å². The average Bonchev–Trinajstić information content (AvgIpc) is 2.92. The number of amides is 1. The minimum atomic E-state index is -0.601. The molecule has 2 heterocycles. The molecule has 26 heavy (non-hydrogen) atoms. The normalized spacial score (nSPS) is 12.8. The van der Waals surface area contributed by atoms with Crippen LogP contribution in [0.1, 0.15) is 39.6 Å². The standard InChI is InChI=1S/C19H21FN4O2/c1-12(22-18(25)26-19(2,3)4)17-23-15-8-7-13(20)10-16(15)24(17)14-6-5-9-21-11-14/h5-12H,1-4H3,(H,22,25)/t12-/m0/s1. The molecule has 1 N–H and O–H groups in total. The van der Waals surface area contributed by atoms with Gasteiger partial charge >= 0.3 is 6.09 Å². The van der Waals surface area contributed by atoms with E-state index in [4.69, 9.17) is 4.74 Å². The Kier molecular flexibility index (Phi) is 4.63. The van der Waals surface area contributed by atoms with Crippen LogP contribution in [0, 0.1) is 5.82 Å². The number of pyridine rings is 1. The molecule has 136 valence electrons. The van der Waals surface area contributed by atoms with Crippen LogP contribution in [-0.2, 0) is 4.74 Å². The van der Waals surface area contributed by atoms with Gasteiger partial charge in [-0.2, -0.15) is 0 Å². The number of nitrogens with one attached hydrogen (secondary N) is 1. The summed E-state index contributed by atoms with van der Waals surface area (Å²) in [6.45, 7) is 7.19. The number of rotatable bonds is 3. The van der Waals surface area contributed by atoms with E-state index in [9.17, 15) is 9.18 Å². The van der Waals surface area contributed by atoms with E-state index in [0.717, 1.165) is 5.69 Å². The van der Waals surface area contributed by atoms with Crippen molar-refractivity contribution in [3.8, 4) is 5.69 Å². The molecule has 1 aromatic carbocycles. The van der Waals surface area contributed by atoms with Crippen LogP contribution in [0.15, 0.2) is 42.7 Å². The van der Waals surface area contributed by atoms with E-state index in [2.05, 4.69) is 15.3 Å². The monoisotopic (exact) mass is 356 g/mol. The molecule has 1 atom stereocenters. The number of fused-ring (bicyclic) bond motifs is 1. The van der Waals surface area contributed by atoms with E-state index < -0.39 is 17.7 Å². The second-order valence-electron chi connectivity index (χ2n) is 7.02. The Balaban J connectivity index is 2.04.